The molecule has 3 amide bonds. The van der Waals surface area contributed by atoms with E-state index >= 15 is 0 Å². The first kappa shape index (κ1) is 18.4. The Bertz CT molecular complexity index is 805. The summed E-state index contributed by atoms with van der Waals surface area (Å²) < 4.78 is 0. The molecule has 9 nitrogen and oxygen atoms in total. The van der Waals surface area contributed by atoms with Crippen molar-refractivity contribution < 1.29 is 9.59 Å². The number of rotatable bonds is 2. The average Bonchev–Trinajstić information content (AvgIpc) is 3.28. The smallest absolute Gasteiger partial charge is 0.320 e. The minimum Gasteiger partial charge on any atom is -0.335 e. The van der Waals surface area contributed by atoms with Crippen molar-refractivity contribution in [1.82, 2.24) is 34.8 Å². The molecule has 3 heterocycles. The summed E-state index contributed by atoms with van der Waals surface area (Å²) >= 11 is 0. The molecule has 0 saturated carbocycles. The summed E-state index contributed by atoms with van der Waals surface area (Å²) in [5.74, 6) is 0.672. The van der Waals surface area contributed by atoms with Crippen LogP contribution in [0.3, 0.4) is 0 Å². The maximum absolute atomic E-state index is 12.8. The highest BCUT2D eigenvalue weighted by Crippen LogP contribution is 2.17. The maximum atomic E-state index is 12.8. The predicted molar refractivity (Wildman–Crippen MR) is 104 cm³/mol. The molecule has 28 heavy (non-hydrogen) atoms. The molecule has 0 radical (unpaired) electrons. The standard InChI is InChI=1S/C19H25N7O2/c1-23-6-8-25(9-7-23)19(28)26-12-10-24(11-13-26)18(27)16-4-2-15(3-5-16)17-20-14-21-22-17/h2-5,14H,6-13H2,1H3,(H,20,21,22). The Labute approximate surface area is 163 Å². The van der Waals surface area contributed by atoms with Crippen LogP contribution in [0.25, 0.3) is 11.4 Å². The number of carbonyl (C=O) groups excluding carboxylic acids is 2. The van der Waals surface area contributed by atoms with E-state index in [1.54, 1.807) is 0 Å². The van der Waals surface area contributed by atoms with E-state index in [1.165, 1.54) is 6.33 Å². The Balaban J connectivity index is 1.32. The zero-order valence-corrected chi connectivity index (χ0v) is 16.0. The predicted octanol–water partition coefficient (Wildman–Crippen LogP) is 0.597. The molecule has 2 aliphatic rings. The number of nitrogens with zero attached hydrogens (tertiary/aromatic N) is 6. The van der Waals surface area contributed by atoms with Gasteiger partial charge in [-0.25, -0.2) is 9.78 Å². The molecule has 0 bridgehead atoms. The third-order valence-corrected chi connectivity index (χ3v) is 5.43. The van der Waals surface area contributed by atoms with Crippen LogP contribution < -0.4 is 0 Å². The molecular weight excluding hydrogens is 358 g/mol. The summed E-state index contributed by atoms with van der Waals surface area (Å²) in [6.45, 7) is 5.63. The van der Waals surface area contributed by atoms with Gasteiger partial charge in [0, 0.05) is 63.5 Å². The van der Waals surface area contributed by atoms with Crippen LogP contribution in [0.1, 0.15) is 10.4 Å². The number of likely N-dealkylation sites (N-methyl/N-ethyl adjacent to an activating group) is 1. The second-order valence-electron chi connectivity index (χ2n) is 7.26. The van der Waals surface area contributed by atoms with Gasteiger partial charge in [0.2, 0.25) is 0 Å². The fourth-order valence-electron chi connectivity index (χ4n) is 3.60. The van der Waals surface area contributed by atoms with E-state index < -0.39 is 0 Å². The SMILES string of the molecule is CN1CCN(C(=O)N2CCN(C(=O)c3ccc(-c4ncn[nH]4)cc3)CC2)CC1. The van der Waals surface area contributed by atoms with Gasteiger partial charge < -0.3 is 19.6 Å². The lowest BCUT2D eigenvalue weighted by molar-refractivity contribution is 0.0619. The molecule has 9 heteroatoms. The molecule has 2 aliphatic heterocycles. The molecule has 0 atom stereocenters. The molecule has 4 rings (SSSR count). The lowest BCUT2D eigenvalue weighted by Gasteiger charge is -2.40. The van der Waals surface area contributed by atoms with Crippen LogP contribution >= 0.6 is 0 Å². The zero-order valence-electron chi connectivity index (χ0n) is 16.0. The fourth-order valence-corrected chi connectivity index (χ4v) is 3.60. The summed E-state index contributed by atoms with van der Waals surface area (Å²) in [5.41, 5.74) is 1.53. The van der Waals surface area contributed by atoms with Gasteiger partial charge in [0.15, 0.2) is 5.82 Å². The lowest BCUT2D eigenvalue weighted by atomic mass is 10.1. The number of nitrogens with one attached hydrogen (secondary N) is 1. The van der Waals surface area contributed by atoms with Crippen molar-refractivity contribution in [3.8, 4) is 11.4 Å². The van der Waals surface area contributed by atoms with Gasteiger partial charge >= 0.3 is 6.03 Å². The number of H-pyrrole nitrogens is 1. The maximum Gasteiger partial charge on any atom is 0.320 e. The van der Waals surface area contributed by atoms with Crippen LogP contribution in [0.4, 0.5) is 4.79 Å². The van der Waals surface area contributed by atoms with E-state index in [4.69, 9.17) is 0 Å². The minimum atomic E-state index is -0.00387. The van der Waals surface area contributed by atoms with Crippen LogP contribution in [-0.4, -0.2) is 106 Å². The molecule has 1 aromatic heterocycles. The molecule has 1 N–H and O–H groups in total. The fraction of sp³-hybridized carbons (Fsp3) is 0.474. The van der Waals surface area contributed by atoms with Crippen LogP contribution in [-0.2, 0) is 0 Å². The van der Waals surface area contributed by atoms with E-state index in [-0.39, 0.29) is 11.9 Å². The van der Waals surface area contributed by atoms with Gasteiger partial charge in [0.05, 0.1) is 0 Å². The molecule has 2 aromatic rings. The third-order valence-electron chi connectivity index (χ3n) is 5.43. The van der Waals surface area contributed by atoms with Crippen molar-refractivity contribution in [3.05, 3.63) is 36.2 Å². The molecule has 2 saturated heterocycles. The number of hydrogen-bond donors (Lipinski definition) is 1. The van der Waals surface area contributed by atoms with Gasteiger partial charge in [-0.3, -0.25) is 9.89 Å². The Morgan fingerprint density at radius 3 is 2.00 bits per heavy atom. The van der Waals surface area contributed by atoms with Crippen molar-refractivity contribution >= 4 is 11.9 Å². The van der Waals surface area contributed by atoms with Crippen LogP contribution in [0.15, 0.2) is 30.6 Å². The number of carbonyl (C=O) groups is 2. The first-order valence-corrected chi connectivity index (χ1v) is 9.59. The van der Waals surface area contributed by atoms with Gasteiger partial charge in [-0.1, -0.05) is 12.1 Å². The van der Waals surface area contributed by atoms with Crippen molar-refractivity contribution in [2.45, 2.75) is 0 Å². The zero-order chi connectivity index (χ0) is 19.5. The van der Waals surface area contributed by atoms with Crippen LogP contribution in [0, 0.1) is 0 Å². The first-order chi connectivity index (χ1) is 13.6. The Hall–Kier alpha value is -2.94. The molecule has 148 valence electrons. The number of hydrogen-bond acceptors (Lipinski definition) is 5. The topological polar surface area (TPSA) is 88.7 Å². The van der Waals surface area contributed by atoms with Crippen molar-refractivity contribution in [1.29, 1.82) is 0 Å². The molecule has 1 aromatic carbocycles. The molecular formula is C19H25N7O2. The number of amides is 3. The first-order valence-electron chi connectivity index (χ1n) is 9.59. The van der Waals surface area contributed by atoms with E-state index in [0.29, 0.717) is 37.6 Å². The van der Waals surface area contributed by atoms with Gasteiger partial charge in [-0.05, 0) is 19.2 Å². The van der Waals surface area contributed by atoms with E-state index in [2.05, 4.69) is 27.1 Å². The normalized spacial score (nSPS) is 18.4. The third kappa shape index (κ3) is 3.84. The van der Waals surface area contributed by atoms with Gasteiger partial charge in [-0.2, -0.15) is 5.10 Å². The Kier molecular flexibility index (Phi) is 5.25. The summed E-state index contributed by atoms with van der Waals surface area (Å²) in [7, 11) is 2.07. The second kappa shape index (κ2) is 7.97. The highest BCUT2D eigenvalue weighted by molar-refractivity contribution is 5.94. The number of aromatic amines is 1. The minimum absolute atomic E-state index is 0.00387. The second-order valence-corrected chi connectivity index (χ2v) is 7.26. The molecule has 0 spiro atoms. The lowest BCUT2D eigenvalue weighted by Crippen LogP contribution is -2.57. The summed E-state index contributed by atoms with van der Waals surface area (Å²) in [5, 5.41) is 6.65. The monoisotopic (exact) mass is 383 g/mol. The van der Waals surface area contributed by atoms with Crippen molar-refractivity contribution in [2.24, 2.45) is 0 Å². The summed E-state index contributed by atoms with van der Waals surface area (Å²) in [4.78, 5) is 37.4. The number of aromatic nitrogens is 3. The highest BCUT2D eigenvalue weighted by Gasteiger charge is 2.28. The molecule has 0 unspecified atom stereocenters. The van der Waals surface area contributed by atoms with Crippen molar-refractivity contribution in [2.75, 3.05) is 59.4 Å². The van der Waals surface area contributed by atoms with Crippen LogP contribution in [0.2, 0.25) is 0 Å². The van der Waals surface area contributed by atoms with E-state index in [0.717, 1.165) is 31.7 Å². The van der Waals surface area contributed by atoms with Crippen molar-refractivity contribution in [3.63, 3.8) is 0 Å². The van der Waals surface area contributed by atoms with E-state index in [9.17, 15) is 9.59 Å². The van der Waals surface area contributed by atoms with E-state index in [1.807, 2.05) is 39.0 Å². The number of urea groups is 1. The largest absolute Gasteiger partial charge is 0.335 e. The summed E-state index contributed by atoms with van der Waals surface area (Å²) in [6.07, 6.45) is 1.46. The van der Waals surface area contributed by atoms with Gasteiger partial charge in [0.25, 0.3) is 5.91 Å². The highest BCUT2D eigenvalue weighted by atomic mass is 16.2. The number of piperazine rings is 2. The quantitative estimate of drug-likeness (QED) is 0.820. The Morgan fingerprint density at radius 1 is 0.857 bits per heavy atom. The van der Waals surface area contributed by atoms with Crippen LogP contribution in [0.5, 0.6) is 0 Å². The Morgan fingerprint density at radius 2 is 1.43 bits per heavy atom. The molecule has 0 aliphatic carbocycles. The number of benzene rings is 1. The molecule has 2 fully saturated rings. The van der Waals surface area contributed by atoms with Gasteiger partial charge in [-0.15, -0.1) is 0 Å². The van der Waals surface area contributed by atoms with Gasteiger partial charge in [0.1, 0.15) is 6.33 Å². The summed E-state index contributed by atoms with van der Waals surface area (Å²) in [6, 6.07) is 7.43. The average molecular weight is 383 g/mol.